The number of anilines is 1. The first-order valence-electron chi connectivity index (χ1n) is 7.73. The predicted octanol–water partition coefficient (Wildman–Crippen LogP) is 2.83. The summed E-state index contributed by atoms with van der Waals surface area (Å²) in [7, 11) is 0. The van der Waals surface area contributed by atoms with E-state index in [9.17, 15) is 0 Å². The van der Waals surface area contributed by atoms with Gasteiger partial charge in [0.25, 0.3) is 0 Å². The van der Waals surface area contributed by atoms with Gasteiger partial charge in [0.05, 0.1) is 11.9 Å². The van der Waals surface area contributed by atoms with E-state index in [0.29, 0.717) is 12.1 Å². The first kappa shape index (κ1) is 14.1. The number of fused-ring (bicyclic) bond motifs is 1. The SMILES string of the molecule is C/C=C(\CC)c1cc(N[C@H]2CC[C@H](N)C2)n2nccc2n1. The maximum atomic E-state index is 6.01. The number of allylic oxidation sites excluding steroid dienone is 2. The molecule has 1 saturated carbocycles. The number of hydrogen-bond acceptors (Lipinski definition) is 4. The van der Waals surface area contributed by atoms with E-state index in [1.807, 2.05) is 10.6 Å². The van der Waals surface area contributed by atoms with Crippen molar-refractivity contribution in [2.24, 2.45) is 5.73 Å². The van der Waals surface area contributed by atoms with Gasteiger partial charge in [0, 0.05) is 24.2 Å². The Morgan fingerprint density at radius 1 is 1.52 bits per heavy atom. The Morgan fingerprint density at radius 3 is 3.05 bits per heavy atom. The van der Waals surface area contributed by atoms with Crippen LogP contribution < -0.4 is 11.1 Å². The van der Waals surface area contributed by atoms with E-state index in [1.165, 1.54) is 5.57 Å². The Labute approximate surface area is 125 Å². The van der Waals surface area contributed by atoms with E-state index < -0.39 is 0 Å². The number of hydrogen-bond donors (Lipinski definition) is 2. The van der Waals surface area contributed by atoms with Crippen molar-refractivity contribution in [1.29, 1.82) is 0 Å². The zero-order chi connectivity index (χ0) is 14.8. The van der Waals surface area contributed by atoms with Crippen molar-refractivity contribution in [3.05, 3.63) is 30.1 Å². The van der Waals surface area contributed by atoms with E-state index in [4.69, 9.17) is 10.7 Å². The van der Waals surface area contributed by atoms with Gasteiger partial charge in [0.15, 0.2) is 5.65 Å². The maximum absolute atomic E-state index is 6.01. The van der Waals surface area contributed by atoms with Gasteiger partial charge in [0.1, 0.15) is 5.82 Å². The second-order valence-corrected chi connectivity index (χ2v) is 5.71. The normalized spacial score (nSPS) is 22.9. The Kier molecular flexibility index (Phi) is 3.92. The van der Waals surface area contributed by atoms with Gasteiger partial charge in [-0.25, -0.2) is 4.98 Å². The van der Waals surface area contributed by atoms with Crippen LogP contribution in [-0.4, -0.2) is 26.7 Å². The van der Waals surface area contributed by atoms with E-state index in [1.54, 1.807) is 6.20 Å². The summed E-state index contributed by atoms with van der Waals surface area (Å²) in [6.45, 7) is 4.21. The summed E-state index contributed by atoms with van der Waals surface area (Å²) in [5, 5.41) is 7.97. The molecule has 0 aliphatic heterocycles. The Bertz CT molecular complexity index is 658. The zero-order valence-electron chi connectivity index (χ0n) is 12.7. The summed E-state index contributed by atoms with van der Waals surface area (Å²) >= 11 is 0. The van der Waals surface area contributed by atoms with Crippen molar-refractivity contribution in [3.63, 3.8) is 0 Å². The average Bonchev–Trinajstić information content (AvgIpc) is 3.09. The lowest BCUT2D eigenvalue weighted by atomic mass is 10.1. The van der Waals surface area contributed by atoms with Gasteiger partial charge in [-0.2, -0.15) is 9.61 Å². The average molecular weight is 285 g/mol. The lowest BCUT2D eigenvalue weighted by Gasteiger charge is -2.16. The van der Waals surface area contributed by atoms with Gasteiger partial charge < -0.3 is 11.1 Å². The van der Waals surface area contributed by atoms with Crippen LogP contribution in [0.3, 0.4) is 0 Å². The molecule has 2 heterocycles. The van der Waals surface area contributed by atoms with Gasteiger partial charge in [-0.05, 0) is 38.2 Å². The third-order valence-corrected chi connectivity index (χ3v) is 4.24. The standard InChI is InChI=1S/C16H23N5/c1-3-11(4-2)14-10-16(19-13-6-5-12(17)9-13)21-15(20-14)7-8-18-21/h3,7-8,10,12-13,19H,4-6,9,17H2,1-2H3/b11-3+/t12-,13-/m0/s1. The van der Waals surface area contributed by atoms with Crippen LogP contribution in [0.15, 0.2) is 24.4 Å². The monoisotopic (exact) mass is 285 g/mol. The fourth-order valence-corrected chi connectivity index (χ4v) is 3.07. The lowest BCUT2D eigenvalue weighted by molar-refractivity contribution is 0.684. The summed E-state index contributed by atoms with van der Waals surface area (Å²) in [4.78, 5) is 4.69. The van der Waals surface area contributed by atoms with Gasteiger partial charge >= 0.3 is 0 Å². The Hall–Kier alpha value is -1.88. The van der Waals surface area contributed by atoms with Crippen LogP contribution in [0.5, 0.6) is 0 Å². The topological polar surface area (TPSA) is 68.2 Å². The molecule has 0 saturated heterocycles. The summed E-state index contributed by atoms with van der Waals surface area (Å²) in [5.74, 6) is 1.01. The number of nitrogens with two attached hydrogens (primary N) is 1. The van der Waals surface area contributed by atoms with Crippen LogP contribution in [0.1, 0.15) is 45.2 Å². The molecule has 2 aromatic heterocycles. The van der Waals surface area contributed by atoms with Crippen molar-refractivity contribution < 1.29 is 0 Å². The smallest absolute Gasteiger partial charge is 0.157 e. The fourth-order valence-electron chi connectivity index (χ4n) is 3.07. The fraction of sp³-hybridized carbons (Fsp3) is 0.500. The molecule has 0 bridgehead atoms. The third kappa shape index (κ3) is 2.78. The van der Waals surface area contributed by atoms with Crippen molar-refractivity contribution >= 4 is 17.0 Å². The minimum absolute atomic E-state index is 0.318. The second kappa shape index (κ2) is 5.85. The molecule has 0 unspecified atom stereocenters. The zero-order valence-corrected chi connectivity index (χ0v) is 12.7. The van der Waals surface area contributed by atoms with Gasteiger partial charge in [-0.15, -0.1) is 0 Å². The largest absolute Gasteiger partial charge is 0.367 e. The van der Waals surface area contributed by atoms with Crippen molar-refractivity contribution in [1.82, 2.24) is 14.6 Å². The molecule has 2 atom stereocenters. The molecule has 1 aliphatic rings. The van der Waals surface area contributed by atoms with Gasteiger partial charge in [-0.1, -0.05) is 13.0 Å². The number of nitrogens with zero attached hydrogens (tertiary/aromatic N) is 3. The van der Waals surface area contributed by atoms with Crippen LogP contribution >= 0.6 is 0 Å². The highest BCUT2D eigenvalue weighted by Crippen LogP contribution is 2.25. The van der Waals surface area contributed by atoms with E-state index in [2.05, 4.69) is 36.4 Å². The molecule has 3 N–H and O–H groups in total. The first-order chi connectivity index (χ1) is 10.2. The molecule has 0 amide bonds. The van der Waals surface area contributed by atoms with Gasteiger partial charge in [-0.3, -0.25) is 0 Å². The predicted molar refractivity (Wildman–Crippen MR) is 86.2 cm³/mol. The quantitative estimate of drug-likeness (QED) is 0.906. The molecular weight excluding hydrogens is 262 g/mol. The highest BCUT2D eigenvalue weighted by atomic mass is 15.3. The molecule has 5 heteroatoms. The molecule has 0 aromatic carbocycles. The number of aromatic nitrogens is 3. The first-order valence-corrected chi connectivity index (χ1v) is 7.73. The molecule has 21 heavy (non-hydrogen) atoms. The molecule has 5 nitrogen and oxygen atoms in total. The third-order valence-electron chi connectivity index (χ3n) is 4.24. The second-order valence-electron chi connectivity index (χ2n) is 5.71. The molecule has 3 rings (SSSR count). The van der Waals surface area contributed by atoms with Crippen LogP contribution in [-0.2, 0) is 0 Å². The molecule has 1 aliphatic carbocycles. The van der Waals surface area contributed by atoms with Crippen LogP contribution in [0.4, 0.5) is 5.82 Å². The summed E-state index contributed by atoms with van der Waals surface area (Å²) < 4.78 is 1.87. The van der Waals surface area contributed by atoms with Crippen molar-refractivity contribution in [2.75, 3.05) is 5.32 Å². The molecule has 1 fully saturated rings. The summed E-state index contributed by atoms with van der Waals surface area (Å²) in [5.41, 5.74) is 9.17. The lowest BCUT2D eigenvalue weighted by Crippen LogP contribution is -2.22. The van der Waals surface area contributed by atoms with E-state index >= 15 is 0 Å². The van der Waals surface area contributed by atoms with Crippen LogP contribution in [0, 0.1) is 0 Å². The number of nitrogens with one attached hydrogen (secondary N) is 1. The summed E-state index contributed by atoms with van der Waals surface area (Å²) in [6, 6.07) is 4.79. The number of rotatable bonds is 4. The minimum Gasteiger partial charge on any atom is -0.367 e. The molecule has 2 aromatic rings. The summed E-state index contributed by atoms with van der Waals surface area (Å²) in [6.07, 6.45) is 8.12. The van der Waals surface area contributed by atoms with Gasteiger partial charge in [0.2, 0.25) is 0 Å². The van der Waals surface area contributed by atoms with Crippen LogP contribution in [0.25, 0.3) is 11.2 Å². The van der Waals surface area contributed by atoms with Crippen molar-refractivity contribution in [3.8, 4) is 0 Å². The molecule has 0 spiro atoms. The molecule has 112 valence electrons. The highest BCUT2D eigenvalue weighted by molar-refractivity contribution is 5.67. The molecular formula is C16H23N5. The van der Waals surface area contributed by atoms with E-state index in [0.717, 1.165) is 42.8 Å². The maximum Gasteiger partial charge on any atom is 0.157 e. The van der Waals surface area contributed by atoms with Crippen molar-refractivity contribution in [2.45, 2.75) is 51.6 Å². The van der Waals surface area contributed by atoms with E-state index in [-0.39, 0.29) is 0 Å². The highest BCUT2D eigenvalue weighted by Gasteiger charge is 2.22. The molecule has 0 radical (unpaired) electrons. The Balaban J connectivity index is 1.97. The minimum atomic E-state index is 0.318. The Morgan fingerprint density at radius 2 is 2.38 bits per heavy atom. The van der Waals surface area contributed by atoms with Crippen LogP contribution in [0.2, 0.25) is 0 Å².